The van der Waals surface area contributed by atoms with Crippen LogP contribution >= 0.6 is 11.3 Å². The van der Waals surface area contributed by atoms with Crippen molar-refractivity contribution in [3.8, 4) is 0 Å². The van der Waals surface area contributed by atoms with Gasteiger partial charge < -0.3 is 15.0 Å². The van der Waals surface area contributed by atoms with Crippen molar-refractivity contribution in [3.05, 3.63) is 22.4 Å². The number of nitrogens with one attached hydrogen (secondary N) is 1. The summed E-state index contributed by atoms with van der Waals surface area (Å²) in [6.45, 7) is 2.65. The van der Waals surface area contributed by atoms with Gasteiger partial charge in [0.2, 0.25) is 11.8 Å². The third-order valence-corrected chi connectivity index (χ3v) is 5.78. The quantitative estimate of drug-likeness (QED) is 0.909. The first-order valence-corrected chi connectivity index (χ1v) is 8.64. The maximum atomic E-state index is 12.4. The number of amides is 2. The van der Waals surface area contributed by atoms with Gasteiger partial charge >= 0.3 is 0 Å². The minimum absolute atomic E-state index is 0.0355. The van der Waals surface area contributed by atoms with Crippen molar-refractivity contribution in [3.63, 3.8) is 0 Å². The van der Waals surface area contributed by atoms with Crippen LogP contribution in [-0.4, -0.2) is 50.1 Å². The number of hydrogen-bond acceptors (Lipinski definition) is 4. The molecule has 0 aromatic carbocycles. The summed E-state index contributed by atoms with van der Waals surface area (Å²) < 4.78 is 5.23. The smallest absolute Gasteiger partial charge is 0.227 e. The Labute approximate surface area is 134 Å². The van der Waals surface area contributed by atoms with E-state index in [9.17, 15) is 9.59 Å². The molecule has 0 bridgehead atoms. The Balaban J connectivity index is 1.60. The van der Waals surface area contributed by atoms with Gasteiger partial charge in [-0.3, -0.25) is 9.59 Å². The fraction of sp³-hybridized carbons (Fsp3) is 0.625. The highest BCUT2D eigenvalue weighted by atomic mass is 32.1. The van der Waals surface area contributed by atoms with E-state index in [0.717, 1.165) is 31.5 Å². The van der Waals surface area contributed by atoms with E-state index in [4.69, 9.17) is 4.74 Å². The standard InChI is InChI=1S/C16H22N2O3S/c1-21-9-13-15(20)17-11-16(13)3-5-18(6-4-16)14(19)8-12-2-7-22-10-12/h2,7,10,13H,3-6,8-9,11H2,1H3,(H,17,20)/t13-/m0/s1. The lowest BCUT2D eigenvalue weighted by molar-refractivity contribution is -0.134. The van der Waals surface area contributed by atoms with E-state index in [1.807, 2.05) is 21.7 Å². The van der Waals surface area contributed by atoms with Crippen LogP contribution in [-0.2, 0) is 20.7 Å². The molecule has 5 nitrogen and oxygen atoms in total. The van der Waals surface area contributed by atoms with Crippen molar-refractivity contribution in [1.82, 2.24) is 10.2 Å². The van der Waals surface area contributed by atoms with Gasteiger partial charge in [-0.25, -0.2) is 0 Å². The van der Waals surface area contributed by atoms with Gasteiger partial charge in [0.05, 0.1) is 18.9 Å². The van der Waals surface area contributed by atoms with E-state index in [2.05, 4.69) is 5.32 Å². The van der Waals surface area contributed by atoms with Crippen LogP contribution in [0.1, 0.15) is 18.4 Å². The summed E-state index contributed by atoms with van der Waals surface area (Å²) in [6, 6.07) is 2.00. The molecule has 120 valence electrons. The van der Waals surface area contributed by atoms with Crippen molar-refractivity contribution in [2.45, 2.75) is 19.3 Å². The van der Waals surface area contributed by atoms with Crippen LogP contribution < -0.4 is 5.32 Å². The molecule has 0 saturated carbocycles. The van der Waals surface area contributed by atoms with Crippen LogP contribution in [0.5, 0.6) is 0 Å². The van der Waals surface area contributed by atoms with Crippen LogP contribution in [0.25, 0.3) is 0 Å². The van der Waals surface area contributed by atoms with Gasteiger partial charge in [0, 0.05) is 32.2 Å². The number of hydrogen-bond donors (Lipinski definition) is 1. The highest BCUT2D eigenvalue weighted by molar-refractivity contribution is 7.07. The number of carbonyl (C=O) groups is 2. The average molecular weight is 322 g/mol. The number of piperidine rings is 1. The SMILES string of the molecule is COC[C@H]1C(=O)NCC12CCN(C(=O)Cc1ccsc1)CC2. The summed E-state index contributed by atoms with van der Waals surface area (Å²) in [7, 11) is 1.64. The Morgan fingerprint density at radius 1 is 1.50 bits per heavy atom. The van der Waals surface area contributed by atoms with Crippen molar-refractivity contribution in [1.29, 1.82) is 0 Å². The molecule has 3 heterocycles. The lowest BCUT2D eigenvalue weighted by Crippen LogP contribution is -2.47. The van der Waals surface area contributed by atoms with E-state index < -0.39 is 0 Å². The molecule has 2 amide bonds. The predicted molar refractivity (Wildman–Crippen MR) is 84.6 cm³/mol. The van der Waals surface area contributed by atoms with Crippen LogP contribution in [0.15, 0.2) is 16.8 Å². The molecule has 3 rings (SSSR count). The molecule has 1 atom stereocenters. The van der Waals surface area contributed by atoms with Crippen LogP contribution in [0.4, 0.5) is 0 Å². The highest BCUT2D eigenvalue weighted by Crippen LogP contribution is 2.42. The van der Waals surface area contributed by atoms with Crippen molar-refractivity contribution in [2.75, 3.05) is 33.4 Å². The molecule has 1 aromatic heterocycles. The van der Waals surface area contributed by atoms with E-state index in [1.165, 1.54) is 0 Å². The second-order valence-corrected chi connectivity index (χ2v) is 7.06. The van der Waals surface area contributed by atoms with Crippen molar-refractivity contribution in [2.24, 2.45) is 11.3 Å². The highest BCUT2D eigenvalue weighted by Gasteiger charge is 2.49. The summed E-state index contributed by atoms with van der Waals surface area (Å²) in [4.78, 5) is 26.3. The van der Waals surface area contributed by atoms with Crippen molar-refractivity contribution >= 4 is 23.2 Å². The number of likely N-dealkylation sites (tertiary alicyclic amines) is 1. The average Bonchev–Trinajstić information content (AvgIpc) is 3.12. The van der Waals surface area contributed by atoms with Gasteiger partial charge in [-0.15, -0.1) is 0 Å². The topological polar surface area (TPSA) is 58.6 Å². The molecule has 2 fully saturated rings. The first-order chi connectivity index (χ1) is 10.6. The fourth-order valence-electron chi connectivity index (χ4n) is 3.61. The Bertz CT molecular complexity index is 536. The molecular formula is C16H22N2O3S. The van der Waals surface area contributed by atoms with Gasteiger partial charge in [0.1, 0.15) is 0 Å². The predicted octanol–water partition coefficient (Wildman–Crippen LogP) is 1.29. The summed E-state index contributed by atoms with van der Waals surface area (Å²) in [5.41, 5.74) is 1.05. The van der Waals surface area contributed by atoms with Gasteiger partial charge in [-0.2, -0.15) is 11.3 Å². The lowest BCUT2D eigenvalue weighted by Gasteiger charge is -2.41. The van der Waals surface area contributed by atoms with Crippen LogP contribution in [0.3, 0.4) is 0 Å². The van der Waals surface area contributed by atoms with Gasteiger partial charge in [-0.05, 0) is 35.2 Å². The number of nitrogens with zero attached hydrogens (tertiary/aromatic N) is 1. The second-order valence-electron chi connectivity index (χ2n) is 6.28. The molecular weight excluding hydrogens is 300 g/mol. The molecule has 0 unspecified atom stereocenters. The Morgan fingerprint density at radius 3 is 2.91 bits per heavy atom. The molecule has 0 aliphatic carbocycles. The zero-order chi connectivity index (χ0) is 15.6. The molecule has 6 heteroatoms. The molecule has 2 aliphatic heterocycles. The van der Waals surface area contributed by atoms with Gasteiger partial charge in [0.25, 0.3) is 0 Å². The minimum Gasteiger partial charge on any atom is -0.384 e. The zero-order valence-corrected chi connectivity index (χ0v) is 13.7. The van der Waals surface area contributed by atoms with E-state index in [1.54, 1.807) is 18.4 Å². The Kier molecular flexibility index (Phi) is 4.49. The number of carbonyl (C=O) groups excluding carboxylic acids is 2. The molecule has 1 N–H and O–H groups in total. The van der Waals surface area contributed by atoms with Crippen LogP contribution in [0.2, 0.25) is 0 Å². The van der Waals surface area contributed by atoms with Gasteiger partial charge in [0.15, 0.2) is 0 Å². The normalized spacial score (nSPS) is 23.8. The molecule has 2 aliphatic rings. The first kappa shape index (κ1) is 15.5. The molecule has 22 heavy (non-hydrogen) atoms. The Hall–Kier alpha value is -1.40. The summed E-state index contributed by atoms with van der Waals surface area (Å²) in [6.07, 6.45) is 2.22. The molecule has 1 aromatic rings. The third-order valence-electron chi connectivity index (χ3n) is 5.05. The van der Waals surface area contributed by atoms with E-state index in [0.29, 0.717) is 19.6 Å². The number of rotatable bonds is 4. The minimum atomic E-state index is -0.0772. The van der Waals surface area contributed by atoms with Crippen LogP contribution in [0, 0.1) is 11.3 Å². The fourth-order valence-corrected chi connectivity index (χ4v) is 4.28. The summed E-state index contributed by atoms with van der Waals surface area (Å²) in [5, 5.41) is 7.00. The number of methoxy groups -OCH3 is 1. The number of thiophene rings is 1. The maximum Gasteiger partial charge on any atom is 0.227 e. The molecule has 0 radical (unpaired) electrons. The number of ether oxygens (including phenoxy) is 1. The largest absolute Gasteiger partial charge is 0.384 e. The second kappa shape index (κ2) is 6.38. The monoisotopic (exact) mass is 322 g/mol. The van der Waals surface area contributed by atoms with E-state index >= 15 is 0 Å². The summed E-state index contributed by atoms with van der Waals surface area (Å²) >= 11 is 1.62. The first-order valence-electron chi connectivity index (χ1n) is 7.70. The lowest BCUT2D eigenvalue weighted by atomic mass is 9.71. The zero-order valence-electron chi connectivity index (χ0n) is 12.8. The Morgan fingerprint density at radius 2 is 2.27 bits per heavy atom. The molecule has 2 saturated heterocycles. The maximum absolute atomic E-state index is 12.4. The summed E-state index contributed by atoms with van der Waals surface area (Å²) in [5.74, 6) is 0.209. The third kappa shape index (κ3) is 2.90. The van der Waals surface area contributed by atoms with E-state index in [-0.39, 0.29) is 23.1 Å². The van der Waals surface area contributed by atoms with Crippen molar-refractivity contribution < 1.29 is 14.3 Å². The van der Waals surface area contributed by atoms with Gasteiger partial charge in [-0.1, -0.05) is 0 Å². The molecule has 1 spiro atoms.